The summed E-state index contributed by atoms with van der Waals surface area (Å²) in [4.78, 5) is 12.4. The molecular weight excluding hydrogens is 224 g/mol. The van der Waals surface area contributed by atoms with Gasteiger partial charge in [-0.3, -0.25) is 4.79 Å². The topological polar surface area (TPSA) is 34.0 Å². The lowest BCUT2D eigenvalue weighted by Gasteiger charge is -2.23. The number of hydrogen-bond acceptors (Lipinski definition) is 2. The first-order chi connectivity index (χ1) is 8.77. The average molecular weight is 242 g/mol. The fourth-order valence-corrected chi connectivity index (χ4v) is 2.87. The summed E-state index contributed by atoms with van der Waals surface area (Å²) in [5.74, 6) is 0.412. The first-order valence-electron chi connectivity index (χ1n) is 6.57. The second kappa shape index (κ2) is 4.58. The smallest absolute Gasteiger partial charge is 0.254 e. The molecule has 94 valence electrons. The minimum Gasteiger partial charge on any atom is -0.317 e. The summed E-state index contributed by atoms with van der Waals surface area (Å²) in [6, 6.07) is 10.2. The van der Waals surface area contributed by atoms with E-state index in [2.05, 4.69) is 17.4 Å². The van der Waals surface area contributed by atoms with E-state index < -0.39 is 0 Å². The number of para-hydroxylation sites is 1. The summed E-state index contributed by atoms with van der Waals surface area (Å²) in [5.41, 5.74) is 2.17. The van der Waals surface area contributed by atoms with E-state index in [9.17, 15) is 4.79 Å². The second-order valence-corrected chi connectivity index (χ2v) is 5.05. The highest BCUT2D eigenvalue weighted by atomic mass is 16.1. The number of nitrogens with one attached hydrogen (secondary N) is 1. The van der Waals surface area contributed by atoms with Crippen LogP contribution in [0.25, 0.3) is 10.9 Å². The van der Waals surface area contributed by atoms with Gasteiger partial charge < -0.3 is 9.88 Å². The van der Waals surface area contributed by atoms with Crippen LogP contribution in [0.1, 0.15) is 24.3 Å². The number of hydrogen-bond donors (Lipinski definition) is 1. The van der Waals surface area contributed by atoms with Crippen LogP contribution >= 0.6 is 0 Å². The monoisotopic (exact) mass is 242 g/mol. The van der Waals surface area contributed by atoms with E-state index >= 15 is 0 Å². The van der Waals surface area contributed by atoms with Crippen LogP contribution in [0.15, 0.2) is 35.1 Å². The van der Waals surface area contributed by atoms with Crippen molar-refractivity contribution in [3.05, 3.63) is 46.2 Å². The van der Waals surface area contributed by atoms with E-state index in [0.29, 0.717) is 5.92 Å². The molecule has 0 saturated carbocycles. The largest absolute Gasteiger partial charge is 0.317 e. The third-order valence-corrected chi connectivity index (χ3v) is 3.94. The molecule has 1 fully saturated rings. The van der Waals surface area contributed by atoms with Crippen LogP contribution < -0.4 is 10.9 Å². The van der Waals surface area contributed by atoms with Crippen LogP contribution in [0.4, 0.5) is 0 Å². The molecule has 0 unspecified atom stereocenters. The molecule has 0 spiro atoms. The highest BCUT2D eigenvalue weighted by molar-refractivity contribution is 5.79. The van der Waals surface area contributed by atoms with Gasteiger partial charge in [0.2, 0.25) is 0 Å². The number of benzene rings is 1. The van der Waals surface area contributed by atoms with Crippen molar-refractivity contribution in [2.45, 2.75) is 18.8 Å². The molecule has 0 amide bonds. The van der Waals surface area contributed by atoms with Crippen LogP contribution in [-0.2, 0) is 7.05 Å². The van der Waals surface area contributed by atoms with E-state index in [1.54, 1.807) is 4.57 Å². The summed E-state index contributed by atoms with van der Waals surface area (Å²) >= 11 is 0. The molecule has 18 heavy (non-hydrogen) atoms. The molecule has 1 aromatic heterocycles. The number of fused-ring (bicyclic) bond motifs is 1. The van der Waals surface area contributed by atoms with E-state index in [0.717, 1.165) is 42.4 Å². The summed E-state index contributed by atoms with van der Waals surface area (Å²) in [6.07, 6.45) is 2.13. The van der Waals surface area contributed by atoms with Crippen LogP contribution in [-0.4, -0.2) is 17.7 Å². The molecule has 2 heterocycles. The van der Waals surface area contributed by atoms with Crippen molar-refractivity contribution in [1.29, 1.82) is 0 Å². The standard InChI is InChI=1S/C15H18N2O/c1-17-14-5-3-2-4-12(14)10-13(15(17)18)11-6-8-16-9-7-11/h2-5,10-11,16H,6-9H2,1H3. The molecule has 0 radical (unpaired) electrons. The molecule has 1 N–H and O–H groups in total. The van der Waals surface area contributed by atoms with Crippen molar-refractivity contribution in [1.82, 2.24) is 9.88 Å². The molecule has 1 aromatic carbocycles. The van der Waals surface area contributed by atoms with Crippen molar-refractivity contribution in [3.8, 4) is 0 Å². The Morgan fingerprint density at radius 2 is 1.94 bits per heavy atom. The zero-order valence-electron chi connectivity index (χ0n) is 10.6. The van der Waals surface area contributed by atoms with Crippen LogP contribution in [0.3, 0.4) is 0 Å². The fraction of sp³-hybridized carbons (Fsp3) is 0.400. The molecule has 3 rings (SSSR count). The zero-order chi connectivity index (χ0) is 12.5. The third kappa shape index (κ3) is 1.85. The molecule has 1 aliphatic rings. The molecule has 3 nitrogen and oxygen atoms in total. The lowest BCUT2D eigenvalue weighted by atomic mass is 9.90. The minimum absolute atomic E-state index is 0.167. The molecule has 0 atom stereocenters. The van der Waals surface area contributed by atoms with Gasteiger partial charge in [-0.2, -0.15) is 0 Å². The Kier molecular flexibility index (Phi) is 2.92. The molecule has 3 heteroatoms. The Hall–Kier alpha value is -1.61. The quantitative estimate of drug-likeness (QED) is 0.830. The molecular formula is C15H18N2O. The number of aromatic nitrogens is 1. The van der Waals surface area contributed by atoms with Crippen LogP contribution in [0.5, 0.6) is 0 Å². The molecule has 2 aromatic rings. The number of nitrogens with zero attached hydrogens (tertiary/aromatic N) is 1. The van der Waals surface area contributed by atoms with Crippen molar-refractivity contribution in [2.24, 2.45) is 7.05 Å². The lowest BCUT2D eigenvalue weighted by Crippen LogP contribution is -2.31. The Morgan fingerprint density at radius 3 is 2.72 bits per heavy atom. The van der Waals surface area contributed by atoms with Gasteiger partial charge in [-0.15, -0.1) is 0 Å². The lowest BCUT2D eigenvalue weighted by molar-refractivity contribution is 0.457. The first kappa shape index (κ1) is 11.5. The molecule has 1 aliphatic heterocycles. The predicted molar refractivity (Wildman–Crippen MR) is 74.0 cm³/mol. The Morgan fingerprint density at radius 1 is 1.22 bits per heavy atom. The second-order valence-electron chi connectivity index (χ2n) is 5.05. The molecule has 1 saturated heterocycles. The van der Waals surface area contributed by atoms with Gasteiger partial charge in [0.05, 0.1) is 5.52 Å². The van der Waals surface area contributed by atoms with Gasteiger partial charge in [-0.05, 0) is 49.4 Å². The van der Waals surface area contributed by atoms with Gasteiger partial charge >= 0.3 is 0 Å². The maximum atomic E-state index is 12.4. The van der Waals surface area contributed by atoms with Gasteiger partial charge in [-0.25, -0.2) is 0 Å². The SMILES string of the molecule is Cn1c(=O)c(C2CCNCC2)cc2ccccc21. The molecule has 0 bridgehead atoms. The highest BCUT2D eigenvalue weighted by Crippen LogP contribution is 2.24. The maximum Gasteiger partial charge on any atom is 0.254 e. The fourth-order valence-electron chi connectivity index (χ4n) is 2.87. The maximum absolute atomic E-state index is 12.4. The zero-order valence-corrected chi connectivity index (χ0v) is 10.6. The molecule has 0 aliphatic carbocycles. The van der Waals surface area contributed by atoms with E-state index in [4.69, 9.17) is 0 Å². The van der Waals surface area contributed by atoms with Gasteiger partial charge in [0, 0.05) is 12.6 Å². The first-order valence-corrected chi connectivity index (χ1v) is 6.57. The van der Waals surface area contributed by atoms with Crippen LogP contribution in [0, 0.1) is 0 Å². The van der Waals surface area contributed by atoms with Crippen LogP contribution in [0.2, 0.25) is 0 Å². The summed E-state index contributed by atoms with van der Waals surface area (Å²) in [6.45, 7) is 2.03. The van der Waals surface area contributed by atoms with E-state index in [1.807, 2.05) is 25.2 Å². The predicted octanol–water partition coefficient (Wildman–Crippen LogP) is 2.01. The number of pyridine rings is 1. The van der Waals surface area contributed by atoms with Crippen molar-refractivity contribution < 1.29 is 0 Å². The summed E-state index contributed by atoms with van der Waals surface area (Å²) in [7, 11) is 1.87. The van der Waals surface area contributed by atoms with Crippen molar-refractivity contribution in [2.75, 3.05) is 13.1 Å². The van der Waals surface area contributed by atoms with E-state index in [1.165, 1.54) is 0 Å². The highest BCUT2D eigenvalue weighted by Gasteiger charge is 2.19. The van der Waals surface area contributed by atoms with Gasteiger partial charge in [0.15, 0.2) is 0 Å². The Labute approximate surface area is 106 Å². The Bertz CT molecular complexity index is 624. The van der Waals surface area contributed by atoms with Crippen molar-refractivity contribution in [3.63, 3.8) is 0 Å². The average Bonchev–Trinajstić information content (AvgIpc) is 2.44. The van der Waals surface area contributed by atoms with Crippen molar-refractivity contribution >= 4 is 10.9 Å². The third-order valence-electron chi connectivity index (χ3n) is 3.94. The van der Waals surface area contributed by atoms with E-state index in [-0.39, 0.29) is 5.56 Å². The normalized spacial score (nSPS) is 17.2. The number of aryl methyl sites for hydroxylation is 1. The summed E-state index contributed by atoms with van der Waals surface area (Å²) in [5, 5.41) is 4.51. The van der Waals surface area contributed by atoms with Gasteiger partial charge in [0.25, 0.3) is 5.56 Å². The van der Waals surface area contributed by atoms with Gasteiger partial charge in [-0.1, -0.05) is 18.2 Å². The number of piperidine rings is 1. The minimum atomic E-state index is 0.167. The Balaban J connectivity index is 2.17. The summed E-state index contributed by atoms with van der Waals surface area (Å²) < 4.78 is 1.78. The number of rotatable bonds is 1. The van der Waals surface area contributed by atoms with Gasteiger partial charge in [0.1, 0.15) is 0 Å².